The minimum absolute atomic E-state index is 0. The SMILES string of the molecule is CCC(O)(CC)CC.[LiH]. The molecule has 0 atom stereocenters. The third kappa shape index (κ3) is 4.03. The van der Waals surface area contributed by atoms with E-state index in [1.807, 2.05) is 20.8 Å². The molecular weight excluding hydrogens is 107 g/mol. The van der Waals surface area contributed by atoms with Gasteiger partial charge in [0.05, 0.1) is 5.60 Å². The van der Waals surface area contributed by atoms with Crippen molar-refractivity contribution >= 4 is 18.9 Å². The minimum atomic E-state index is -0.375. The van der Waals surface area contributed by atoms with Crippen LogP contribution in [-0.4, -0.2) is 29.6 Å². The Bertz CT molecular complexity index is 51.7. The van der Waals surface area contributed by atoms with Crippen LogP contribution >= 0.6 is 0 Å². The van der Waals surface area contributed by atoms with Gasteiger partial charge in [0.15, 0.2) is 0 Å². The van der Waals surface area contributed by atoms with Crippen molar-refractivity contribution < 1.29 is 5.11 Å². The third-order valence-corrected chi connectivity index (χ3v) is 1.97. The topological polar surface area (TPSA) is 20.2 Å². The van der Waals surface area contributed by atoms with E-state index in [0.29, 0.717) is 0 Å². The van der Waals surface area contributed by atoms with Gasteiger partial charge in [-0.2, -0.15) is 0 Å². The molecule has 0 aromatic carbocycles. The Morgan fingerprint density at radius 3 is 1.22 bits per heavy atom. The average Bonchev–Trinajstić information content (AvgIpc) is 1.87. The van der Waals surface area contributed by atoms with Crippen LogP contribution in [0.1, 0.15) is 40.0 Å². The fraction of sp³-hybridized carbons (Fsp3) is 1.00. The van der Waals surface area contributed by atoms with E-state index < -0.39 is 0 Å². The molecule has 0 bridgehead atoms. The van der Waals surface area contributed by atoms with Gasteiger partial charge in [0.1, 0.15) is 0 Å². The first-order valence-electron chi connectivity index (χ1n) is 3.41. The molecule has 0 radical (unpaired) electrons. The fourth-order valence-electron chi connectivity index (χ4n) is 0.750. The summed E-state index contributed by atoms with van der Waals surface area (Å²) in [5.41, 5.74) is -0.375. The van der Waals surface area contributed by atoms with Crippen molar-refractivity contribution in [3.8, 4) is 0 Å². The molecule has 9 heavy (non-hydrogen) atoms. The van der Waals surface area contributed by atoms with E-state index in [1.165, 1.54) is 0 Å². The van der Waals surface area contributed by atoms with Crippen LogP contribution in [0, 0.1) is 0 Å². The standard InChI is InChI=1S/C7H16O.Li.H/c1-4-7(8,5-2)6-3;;/h8H,4-6H2,1-3H3;;. The van der Waals surface area contributed by atoms with E-state index in [-0.39, 0.29) is 24.5 Å². The zero-order chi connectivity index (χ0) is 6.62. The monoisotopic (exact) mass is 124 g/mol. The quantitative estimate of drug-likeness (QED) is 0.562. The average molecular weight is 124 g/mol. The Morgan fingerprint density at radius 1 is 1.00 bits per heavy atom. The van der Waals surface area contributed by atoms with Crippen LogP contribution in [0.2, 0.25) is 0 Å². The second-order valence-electron chi connectivity index (χ2n) is 2.29. The Kier molecular flexibility index (Phi) is 7.29. The van der Waals surface area contributed by atoms with E-state index in [4.69, 9.17) is 0 Å². The van der Waals surface area contributed by atoms with Gasteiger partial charge in [0.2, 0.25) is 0 Å². The Labute approximate surface area is 70.0 Å². The maximum atomic E-state index is 9.44. The van der Waals surface area contributed by atoms with Gasteiger partial charge in [-0.25, -0.2) is 0 Å². The van der Waals surface area contributed by atoms with Gasteiger partial charge in [-0.1, -0.05) is 20.8 Å². The number of rotatable bonds is 3. The fourth-order valence-corrected chi connectivity index (χ4v) is 0.750. The molecule has 0 aliphatic carbocycles. The van der Waals surface area contributed by atoms with E-state index in [1.54, 1.807) is 0 Å². The summed E-state index contributed by atoms with van der Waals surface area (Å²) in [5, 5.41) is 9.44. The van der Waals surface area contributed by atoms with E-state index in [0.717, 1.165) is 19.3 Å². The molecule has 0 unspecified atom stereocenters. The molecule has 0 heterocycles. The van der Waals surface area contributed by atoms with E-state index in [2.05, 4.69) is 0 Å². The summed E-state index contributed by atoms with van der Waals surface area (Å²) in [5.74, 6) is 0. The molecule has 0 aromatic rings. The predicted octanol–water partition coefficient (Wildman–Crippen LogP) is 1.30. The Balaban J connectivity index is 0. The van der Waals surface area contributed by atoms with Crippen LogP contribution in [-0.2, 0) is 0 Å². The zero-order valence-corrected chi connectivity index (χ0v) is 6.07. The van der Waals surface area contributed by atoms with Crippen LogP contribution in [0.15, 0.2) is 0 Å². The Hall–Kier alpha value is 0.557. The molecule has 0 spiro atoms. The summed E-state index contributed by atoms with van der Waals surface area (Å²) < 4.78 is 0. The molecule has 0 saturated carbocycles. The molecule has 0 aliphatic heterocycles. The van der Waals surface area contributed by atoms with Crippen LogP contribution in [0.4, 0.5) is 0 Å². The first-order valence-corrected chi connectivity index (χ1v) is 3.41. The molecule has 0 aromatic heterocycles. The van der Waals surface area contributed by atoms with Crippen molar-refractivity contribution in [1.29, 1.82) is 0 Å². The van der Waals surface area contributed by atoms with Crippen LogP contribution in [0.3, 0.4) is 0 Å². The van der Waals surface area contributed by atoms with Gasteiger partial charge >= 0.3 is 18.9 Å². The number of hydrogen-bond acceptors (Lipinski definition) is 1. The first-order chi connectivity index (χ1) is 3.68. The zero-order valence-electron chi connectivity index (χ0n) is 6.07. The van der Waals surface area contributed by atoms with E-state index in [9.17, 15) is 5.11 Å². The molecule has 0 fully saturated rings. The molecule has 1 N–H and O–H groups in total. The summed E-state index contributed by atoms with van der Waals surface area (Å²) in [6.45, 7) is 6.06. The maximum absolute atomic E-state index is 9.44. The second kappa shape index (κ2) is 5.35. The molecule has 1 nitrogen and oxygen atoms in total. The number of aliphatic hydroxyl groups is 1. The van der Waals surface area contributed by atoms with Crippen molar-refractivity contribution in [3.63, 3.8) is 0 Å². The van der Waals surface area contributed by atoms with Crippen molar-refractivity contribution in [2.75, 3.05) is 0 Å². The molecule has 0 saturated heterocycles. The van der Waals surface area contributed by atoms with Crippen molar-refractivity contribution in [3.05, 3.63) is 0 Å². The predicted molar refractivity (Wildman–Crippen MR) is 43.0 cm³/mol. The van der Waals surface area contributed by atoms with Crippen LogP contribution < -0.4 is 0 Å². The van der Waals surface area contributed by atoms with Gasteiger partial charge in [-0.15, -0.1) is 0 Å². The normalized spacial score (nSPS) is 10.7. The molecule has 2 heteroatoms. The van der Waals surface area contributed by atoms with Gasteiger partial charge in [0, 0.05) is 0 Å². The summed E-state index contributed by atoms with van der Waals surface area (Å²) in [7, 11) is 0. The van der Waals surface area contributed by atoms with Crippen molar-refractivity contribution in [2.45, 2.75) is 45.6 Å². The second-order valence-corrected chi connectivity index (χ2v) is 2.29. The third-order valence-electron chi connectivity index (χ3n) is 1.97. The van der Waals surface area contributed by atoms with Gasteiger partial charge < -0.3 is 5.11 Å². The van der Waals surface area contributed by atoms with Crippen molar-refractivity contribution in [2.24, 2.45) is 0 Å². The van der Waals surface area contributed by atoms with Crippen LogP contribution in [0.5, 0.6) is 0 Å². The molecule has 0 rings (SSSR count). The van der Waals surface area contributed by atoms with E-state index >= 15 is 0 Å². The number of hydrogen-bond donors (Lipinski definition) is 1. The van der Waals surface area contributed by atoms with Gasteiger partial charge in [-0.05, 0) is 19.3 Å². The van der Waals surface area contributed by atoms with Crippen molar-refractivity contribution in [1.82, 2.24) is 0 Å². The summed E-state index contributed by atoms with van der Waals surface area (Å²) in [4.78, 5) is 0. The molecule has 52 valence electrons. The van der Waals surface area contributed by atoms with Gasteiger partial charge in [-0.3, -0.25) is 0 Å². The van der Waals surface area contributed by atoms with Gasteiger partial charge in [0.25, 0.3) is 0 Å². The first kappa shape index (κ1) is 12.3. The van der Waals surface area contributed by atoms with Crippen LogP contribution in [0.25, 0.3) is 0 Å². The molecule has 0 aliphatic rings. The Morgan fingerprint density at radius 2 is 1.22 bits per heavy atom. The summed E-state index contributed by atoms with van der Waals surface area (Å²) >= 11 is 0. The molecular formula is C7H17LiO. The summed E-state index contributed by atoms with van der Waals surface area (Å²) in [6, 6.07) is 0. The summed E-state index contributed by atoms with van der Waals surface area (Å²) in [6.07, 6.45) is 2.62. The molecule has 0 amide bonds.